The smallest absolute Gasteiger partial charge is 0.0436 e. The minimum atomic E-state index is 0.770. The molecule has 0 amide bonds. The predicted octanol–water partition coefficient (Wildman–Crippen LogP) is 1.94. The molecule has 92 valence electrons. The predicted molar refractivity (Wildman–Crippen MR) is 72.9 cm³/mol. The lowest BCUT2D eigenvalue weighted by Crippen LogP contribution is -2.35. The molecule has 0 unspecified atom stereocenters. The van der Waals surface area contributed by atoms with Crippen molar-refractivity contribution >= 4 is 5.69 Å². The molecule has 0 fully saturated rings. The minimum absolute atomic E-state index is 0.770. The van der Waals surface area contributed by atoms with Crippen LogP contribution in [0.25, 0.3) is 0 Å². The third-order valence-corrected chi connectivity index (χ3v) is 3.16. The van der Waals surface area contributed by atoms with Gasteiger partial charge in [-0.1, -0.05) is 18.2 Å². The Labute approximate surface area is 104 Å². The first-order valence-electron chi connectivity index (χ1n) is 6.26. The molecule has 3 heteroatoms. The van der Waals surface area contributed by atoms with E-state index in [1.807, 2.05) is 0 Å². The molecule has 0 saturated heterocycles. The Kier molecular flexibility index (Phi) is 4.04. The first-order chi connectivity index (χ1) is 8.31. The Bertz CT molecular complexity index is 387. The van der Waals surface area contributed by atoms with Gasteiger partial charge in [0.1, 0.15) is 0 Å². The zero-order chi connectivity index (χ0) is 12.1. The van der Waals surface area contributed by atoms with Gasteiger partial charge in [-0.25, -0.2) is 0 Å². The van der Waals surface area contributed by atoms with Crippen molar-refractivity contribution in [3.05, 3.63) is 42.2 Å². The van der Waals surface area contributed by atoms with Crippen LogP contribution in [0.4, 0.5) is 5.69 Å². The molecule has 1 aromatic rings. The summed E-state index contributed by atoms with van der Waals surface area (Å²) in [5, 5.41) is 0. The highest BCUT2D eigenvalue weighted by Gasteiger charge is 2.11. The number of hydrogen-bond acceptors (Lipinski definition) is 3. The lowest BCUT2D eigenvalue weighted by molar-refractivity contribution is 0.366. The number of rotatable bonds is 4. The van der Waals surface area contributed by atoms with E-state index in [-0.39, 0.29) is 0 Å². The summed E-state index contributed by atoms with van der Waals surface area (Å²) < 4.78 is 0. The molecular formula is C14H21N3. The average molecular weight is 231 g/mol. The number of aryl methyl sites for hydroxylation is 1. The molecule has 1 aromatic carbocycles. The van der Waals surface area contributed by atoms with E-state index < -0.39 is 0 Å². The van der Waals surface area contributed by atoms with Crippen LogP contribution in [-0.4, -0.2) is 31.1 Å². The lowest BCUT2D eigenvalue weighted by atomic mass is 10.2. The van der Waals surface area contributed by atoms with Gasteiger partial charge in [-0.2, -0.15) is 0 Å². The zero-order valence-corrected chi connectivity index (χ0v) is 10.5. The number of benzene rings is 1. The summed E-state index contributed by atoms with van der Waals surface area (Å²) in [5.41, 5.74) is 8.16. The third kappa shape index (κ3) is 3.01. The molecular weight excluding hydrogens is 210 g/mol. The van der Waals surface area contributed by atoms with Crippen molar-refractivity contribution in [2.45, 2.75) is 13.3 Å². The van der Waals surface area contributed by atoms with E-state index in [0.717, 1.165) is 32.6 Å². The van der Waals surface area contributed by atoms with Crippen LogP contribution in [0.1, 0.15) is 12.0 Å². The second-order valence-corrected chi connectivity index (χ2v) is 4.46. The fourth-order valence-corrected chi connectivity index (χ4v) is 2.13. The summed E-state index contributed by atoms with van der Waals surface area (Å²) in [4.78, 5) is 4.65. The number of anilines is 1. The van der Waals surface area contributed by atoms with E-state index in [2.05, 4.69) is 53.4 Å². The number of nitrogens with two attached hydrogens (primary N) is 1. The fraction of sp³-hybridized carbons (Fsp3) is 0.429. The van der Waals surface area contributed by atoms with Gasteiger partial charge in [0, 0.05) is 37.7 Å². The number of hydrogen-bond donors (Lipinski definition) is 1. The van der Waals surface area contributed by atoms with Crippen LogP contribution in [0, 0.1) is 6.92 Å². The summed E-state index contributed by atoms with van der Waals surface area (Å²) in [7, 11) is 0. The maximum Gasteiger partial charge on any atom is 0.0436 e. The molecule has 1 aliphatic rings. The normalized spacial score (nSPS) is 15.4. The fourth-order valence-electron chi connectivity index (χ4n) is 2.13. The Hall–Kier alpha value is -1.48. The Balaban J connectivity index is 2.00. The Morgan fingerprint density at radius 3 is 2.65 bits per heavy atom. The number of nitrogens with zero attached hydrogens (tertiary/aromatic N) is 2. The molecule has 0 aromatic heterocycles. The van der Waals surface area contributed by atoms with Gasteiger partial charge in [0.25, 0.3) is 0 Å². The molecule has 17 heavy (non-hydrogen) atoms. The average Bonchev–Trinajstić information content (AvgIpc) is 2.38. The summed E-state index contributed by atoms with van der Waals surface area (Å²) in [6.45, 7) is 6.11. The van der Waals surface area contributed by atoms with Crippen LogP contribution < -0.4 is 10.6 Å². The van der Waals surface area contributed by atoms with E-state index in [9.17, 15) is 0 Å². The van der Waals surface area contributed by atoms with Gasteiger partial charge >= 0.3 is 0 Å². The van der Waals surface area contributed by atoms with E-state index in [0.29, 0.717) is 0 Å². The van der Waals surface area contributed by atoms with Gasteiger partial charge in [-0.15, -0.1) is 0 Å². The summed E-state index contributed by atoms with van der Waals surface area (Å²) in [5.74, 6) is 0. The van der Waals surface area contributed by atoms with Crippen molar-refractivity contribution in [1.82, 2.24) is 4.90 Å². The molecule has 2 N–H and O–H groups in total. The van der Waals surface area contributed by atoms with Crippen molar-refractivity contribution in [2.75, 3.05) is 31.1 Å². The number of para-hydroxylation sites is 1. The molecule has 0 aliphatic carbocycles. The summed E-state index contributed by atoms with van der Waals surface area (Å²) >= 11 is 0. The first-order valence-corrected chi connectivity index (χ1v) is 6.26. The largest absolute Gasteiger partial charge is 0.374 e. The van der Waals surface area contributed by atoms with E-state index >= 15 is 0 Å². The highest BCUT2D eigenvalue weighted by atomic mass is 15.2. The van der Waals surface area contributed by atoms with E-state index in [4.69, 9.17) is 5.73 Å². The zero-order valence-electron chi connectivity index (χ0n) is 10.5. The monoisotopic (exact) mass is 231 g/mol. The van der Waals surface area contributed by atoms with Crippen LogP contribution in [0.2, 0.25) is 0 Å². The molecule has 2 rings (SSSR count). The van der Waals surface area contributed by atoms with E-state index in [1.165, 1.54) is 11.3 Å². The maximum atomic E-state index is 5.52. The topological polar surface area (TPSA) is 32.5 Å². The third-order valence-electron chi connectivity index (χ3n) is 3.16. The molecule has 0 saturated carbocycles. The van der Waals surface area contributed by atoms with Crippen LogP contribution in [0.3, 0.4) is 0 Å². The molecule has 1 heterocycles. The second-order valence-electron chi connectivity index (χ2n) is 4.46. The Morgan fingerprint density at radius 2 is 2.00 bits per heavy atom. The van der Waals surface area contributed by atoms with Crippen LogP contribution in [-0.2, 0) is 0 Å². The Morgan fingerprint density at radius 1 is 1.18 bits per heavy atom. The standard InChI is InChI=1S/C14H21N3/c1-13-5-2-3-6-14(13)17-11-9-16(10-12-17)8-4-7-15/h2-3,5-6,9,11H,4,7-8,10,12,15H2,1H3. The molecule has 0 radical (unpaired) electrons. The quantitative estimate of drug-likeness (QED) is 0.859. The van der Waals surface area contributed by atoms with Gasteiger partial charge in [0.15, 0.2) is 0 Å². The molecule has 3 nitrogen and oxygen atoms in total. The van der Waals surface area contributed by atoms with Crippen LogP contribution in [0.5, 0.6) is 0 Å². The van der Waals surface area contributed by atoms with Crippen molar-refractivity contribution in [2.24, 2.45) is 5.73 Å². The molecule has 0 spiro atoms. The van der Waals surface area contributed by atoms with Crippen molar-refractivity contribution in [3.8, 4) is 0 Å². The van der Waals surface area contributed by atoms with Gasteiger partial charge in [0.2, 0.25) is 0 Å². The van der Waals surface area contributed by atoms with Crippen LogP contribution in [0.15, 0.2) is 36.7 Å². The highest BCUT2D eigenvalue weighted by Crippen LogP contribution is 2.21. The van der Waals surface area contributed by atoms with E-state index in [1.54, 1.807) is 0 Å². The van der Waals surface area contributed by atoms with Crippen LogP contribution >= 0.6 is 0 Å². The molecule has 0 atom stereocenters. The summed E-state index contributed by atoms with van der Waals surface area (Å²) in [6.07, 6.45) is 5.41. The molecule has 0 bridgehead atoms. The van der Waals surface area contributed by atoms with Crippen molar-refractivity contribution in [3.63, 3.8) is 0 Å². The first kappa shape index (κ1) is 12.0. The summed E-state index contributed by atoms with van der Waals surface area (Å²) in [6, 6.07) is 8.51. The lowest BCUT2D eigenvalue weighted by Gasteiger charge is -2.32. The van der Waals surface area contributed by atoms with Gasteiger partial charge in [0.05, 0.1) is 0 Å². The van der Waals surface area contributed by atoms with Gasteiger partial charge in [-0.05, 0) is 31.5 Å². The van der Waals surface area contributed by atoms with Crippen molar-refractivity contribution < 1.29 is 0 Å². The van der Waals surface area contributed by atoms with Crippen molar-refractivity contribution in [1.29, 1.82) is 0 Å². The SMILES string of the molecule is Cc1ccccc1N1C=CN(CCCN)CC1. The van der Waals surface area contributed by atoms with Gasteiger partial charge in [-0.3, -0.25) is 0 Å². The second kappa shape index (κ2) is 5.73. The maximum absolute atomic E-state index is 5.52. The molecule has 1 aliphatic heterocycles. The minimum Gasteiger partial charge on any atom is -0.374 e. The highest BCUT2D eigenvalue weighted by molar-refractivity contribution is 5.55. The van der Waals surface area contributed by atoms with Gasteiger partial charge < -0.3 is 15.5 Å².